The number of aromatic amines is 1. The first-order valence-corrected chi connectivity index (χ1v) is 8.22. The van der Waals surface area contributed by atoms with Gasteiger partial charge in [-0.15, -0.1) is 0 Å². The maximum absolute atomic E-state index is 12.3. The van der Waals surface area contributed by atoms with Gasteiger partial charge in [-0.1, -0.05) is 42.5 Å². The summed E-state index contributed by atoms with van der Waals surface area (Å²) in [5.74, 6) is -0.791. The lowest BCUT2D eigenvalue weighted by molar-refractivity contribution is 0.0600. The predicted molar refractivity (Wildman–Crippen MR) is 102 cm³/mol. The summed E-state index contributed by atoms with van der Waals surface area (Å²) in [5, 5.41) is 10.9. The maximum atomic E-state index is 12.3. The minimum atomic E-state index is -0.407. The second-order valence-corrected chi connectivity index (χ2v) is 5.75. The normalized spacial score (nSPS) is 10.7. The third-order valence-electron chi connectivity index (χ3n) is 4.00. The number of hydrogen-bond acceptors (Lipinski definition) is 5. The standard InChI is InChI=1S/C20H18N4O3/c1-13-17(15-6-4-3-5-7-15)22-23-18(13)19(25)24-21-12-14-8-10-16(11-9-14)20(26)27-2/h3-12H,1-2H3,(H,22,23)(H,24,25)/b21-12-. The van der Waals surface area contributed by atoms with Crippen LogP contribution in [0.15, 0.2) is 59.7 Å². The number of carbonyl (C=O) groups is 2. The Morgan fingerprint density at radius 3 is 2.48 bits per heavy atom. The van der Waals surface area contributed by atoms with E-state index in [2.05, 4.69) is 25.5 Å². The molecule has 1 aromatic heterocycles. The van der Waals surface area contributed by atoms with Crippen LogP contribution in [-0.4, -0.2) is 35.4 Å². The van der Waals surface area contributed by atoms with Crippen molar-refractivity contribution in [1.82, 2.24) is 15.6 Å². The minimum Gasteiger partial charge on any atom is -0.465 e. The third-order valence-corrected chi connectivity index (χ3v) is 4.00. The highest BCUT2D eigenvalue weighted by molar-refractivity contribution is 5.96. The van der Waals surface area contributed by atoms with Crippen LogP contribution in [0.25, 0.3) is 11.3 Å². The van der Waals surface area contributed by atoms with Gasteiger partial charge in [-0.05, 0) is 24.6 Å². The summed E-state index contributed by atoms with van der Waals surface area (Å²) in [5.41, 5.74) is 6.40. The van der Waals surface area contributed by atoms with Gasteiger partial charge in [0.05, 0.1) is 24.6 Å². The molecule has 0 radical (unpaired) electrons. The van der Waals surface area contributed by atoms with E-state index in [1.807, 2.05) is 37.3 Å². The van der Waals surface area contributed by atoms with E-state index in [4.69, 9.17) is 0 Å². The molecule has 0 fully saturated rings. The Morgan fingerprint density at radius 1 is 1.11 bits per heavy atom. The molecule has 7 heteroatoms. The first-order valence-electron chi connectivity index (χ1n) is 8.22. The molecule has 0 aliphatic rings. The number of hydrogen-bond donors (Lipinski definition) is 2. The summed E-state index contributed by atoms with van der Waals surface area (Å²) in [4.78, 5) is 23.7. The lowest BCUT2D eigenvalue weighted by atomic mass is 10.1. The Hall–Kier alpha value is -3.74. The van der Waals surface area contributed by atoms with E-state index in [-0.39, 0.29) is 5.91 Å². The van der Waals surface area contributed by atoms with E-state index in [1.54, 1.807) is 24.3 Å². The van der Waals surface area contributed by atoms with Gasteiger partial charge in [-0.3, -0.25) is 9.89 Å². The molecule has 2 N–H and O–H groups in total. The zero-order valence-electron chi connectivity index (χ0n) is 14.9. The fraction of sp³-hybridized carbons (Fsp3) is 0.100. The molecular weight excluding hydrogens is 344 g/mol. The number of esters is 1. The molecule has 1 heterocycles. The molecule has 0 spiro atoms. The Morgan fingerprint density at radius 2 is 1.81 bits per heavy atom. The molecule has 136 valence electrons. The van der Waals surface area contributed by atoms with Crippen molar-refractivity contribution in [3.05, 3.63) is 77.0 Å². The lowest BCUT2D eigenvalue weighted by Crippen LogP contribution is -2.19. The van der Waals surface area contributed by atoms with Crippen molar-refractivity contribution in [2.24, 2.45) is 5.10 Å². The third kappa shape index (κ3) is 4.09. The van der Waals surface area contributed by atoms with Crippen molar-refractivity contribution in [3.63, 3.8) is 0 Å². The fourth-order valence-electron chi connectivity index (χ4n) is 2.54. The number of benzene rings is 2. The predicted octanol–water partition coefficient (Wildman–Crippen LogP) is 2.94. The van der Waals surface area contributed by atoms with E-state index in [1.165, 1.54) is 13.3 Å². The highest BCUT2D eigenvalue weighted by atomic mass is 16.5. The number of rotatable bonds is 5. The average molecular weight is 362 g/mol. The summed E-state index contributed by atoms with van der Waals surface area (Å²) in [7, 11) is 1.33. The highest BCUT2D eigenvalue weighted by Crippen LogP contribution is 2.22. The van der Waals surface area contributed by atoms with Crippen LogP contribution < -0.4 is 5.43 Å². The molecule has 0 atom stereocenters. The first-order chi connectivity index (χ1) is 13.1. The van der Waals surface area contributed by atoms with E-state index in [9.17, 15) is 9.59 Å². The van der Waals surface area contributed by atoms with Gasteiger partial charge in [0.25, 0.3) is 5.91 Å². The van der Waals surface area contributed by atoms with Crippen molar-refractivity contribution in [2.75, 3.05) is 7.11 Å². The molecule has 0 unspecified atom stereocenters. The first kappa shape index (κ1) is 18.1. The summed E-state index contributed by atoms with van der Waals surface area (Å²) in [6, 6.07) is 16.3. The number of H-pyrrole nitrogens is 1. The summed E-state index contributed by atoms with van der Waals surface area (Å²) < 4.78 is 4.64. The number of methoxy groups -OCH3 is 1. The molecule has 0 saturated heterocycles. The lowest BCUT2D eigenvalue weighted by Gasteiger charge is -2.01. The molecule has 2 aromatic carbocycles. The fourth-order valence-corrected chi connectivity index (χ4v) is 2.54. The average Bonchev–Trinajstić information content (AvgIpc) is 3.10. The van der Waals surface area contributed by atoms with E-state index >= 15 is 0 Å². The van der Waals surface area contributed by atoms with Gasteiger partial charge in [-0.25, -0.2) is 10.2 Å². The van der Waals surface area contributed by atoms with Gasteiger partial charge in [0, 0.05) is 11.1 Å². The van der Waals surface area contributed by atoms with Crippen LogP contribution in [0.5, 0.6) is 0 Å². The molecule has 3 rings (SSSR count). The van der Waals surface area contributed by atoms with Crippen molar-refractivity contribution < 1.29 is 14.3 Å². The molecule has 27 heavy (non-hydrogen) atoms. The monoisotopic (exact) mass is 362 g/mol. The Kier molecular flexibility index (Phi) is 5.41. The number of nitrogens with one attached hydrogen (secondary N) is 2. The molecule has 1 amide bonds. The van der Waals surface area contributed by atoms with Crippen molar-refractivity contribution in [1.29, 1.82) is 0 Å². The molecule has 3 aromatic rings. The van der Waals surface area contributed by atoms with Crippen molar-refractivity contribution in [3.8, 4) is 11.3 Å². The molecule has 0 aliphatic carbocycles. The van der Waals surface area contributed by atoms with Gasteiger partial charge in [-0.2, -0.15) is 10.2 Å². The zero-order valence-corrected chi connectivity index (χ0v) is 14.9. The topological polar surface area (TPSA) is 96.4 Å². The molecule has 7 nitrogen and oxygen atoms in total. The molecule has 0 bridgehead atoms. The highest BCUT2D eigenvalue weighted by Gasteiger charge is 2.16. The Labute approximate surface area is 156 Å². The van der Waals surface area contributed by atoms with Crippen molar-refractivity contribution in [2.45, 2.75) is 6.92 Å². The van der Waals surface area contributed by atoms with Crippen LogP contribution in [0.3, 0.4) is 0 Å². The van der Waals surface area contributed by atoms with Crippen LogP contribution in [0.1, 0.15) is 32.0 Å². The van der Waals surface area contributed by atoms with Gasteiger partial charge < -0.3 is 4.74 Å². The van der Waals surface area contributed by atoms with E-state index in [0.717, 1.165) is 22.4 Å². The number of ether oxygens (including phenoxy) is 1. The van der Waals surface area contributed by atoms with Crippen molar-refractivity contribution >= 4 is 18.1 Å². The quantitative estimate of drug-likeness (QED) is 0.414. The number of aromatic nitrogens is 2. The Balaban J connectivity index is 1.67. The SMILES string of the molecule is COC(=O)c1ccc(/C=N\NC(=O)c2[nH]nc(-c3ccccc3)c2C)cc1. The van der Waals surface area contributed by atoms with Crippen LogP contribution in [0, 0.1) is 6.92 Å². The Bertz CT molecular complexity index is 976. The number of nitrogens with zero attached hydrogens (tertiary/aromatic N) is 2. The van der Waals surface area contributed by atoms with Crippen LogP contribution in [-0.2, 0) is 4.74 Å². The minimum absolute atomic E-state index is 0.354. The van der Waals surface area contributed by atoms with Gasteiger partial charge in [0.2, 0.25) is 0 Å². The van der Waals surface area contributed by atoms with E-state index in [0.29, 0.717) is 11.3 Å². The summed E-state index contributed by atoms with van der Waals surface area (Å²) >= 11 is 0. The van der Waals surface area contributed by atoms with E-state index < -0.39 is 5.97 Å². The largest absolute Gasteiger partial charge is 0.465 e. The van der Waals surface area contributed by atoms with Crippen LogP contribution in [0.4, 0.5) is 0 Å². The van der Waals surface area contributed by atoms with Gasteiger partial charge in [0.1, 0.15) is 5.69 Å². The maximum Gasteiger partial charge on any atom is 0.337 e. The smallest absolute Gasteiger partial charge is 0.337 e. The second kappa shape index (κ2) is 8.09. The zero-order chi connectivity index (χ0) is 19.2. The molecule has 0 aliphatic heterocycles. The molecule has 0 saturated carbocycles. The summed E-state index contributed by atoms with van der Waals surface area (Å²) in [6.45, 7) is 1.83. The molecular formula is C20H18N4O3. The van der Waals surface area contributed by atoms with Crippen LogP contribution in [0.2, 0.25) is 0 Å². The number of carbonyl (C=O) groups excluding carboxylic acids is 2. The van der Waals surface area contributed by atoms with Gasteiger partial charge >= 0.3 is 5.97 Å². The summed E-state index contributed by atoms with van der Waals surface area (Å²) in [6.07, 6.45) is 1.49. The number of hydrazone groups is 1. The number of amides is 1. The second-order valence-electron chi connectivity index (χ2n) is 5.75. The van der Waals surface area contributed by atoms with Gasteiger partial charge in [0.15, 0.2) is 0 Å². The van der Waals surface area contributed by atoms with Crippen LogP contribution >= 0.6 is 0 Å².